The molecule has 0 bridgehead atoms. The van der Waals surface area contributed by atoms with Gasteiger partial charge in [-0.15, -0.1) is 0 Å². The fourth-order valence-corrected chi connectivity index (χ4v) is 3.30. The molecule has 2 fully saturated rings. The monoisotopic (exact) mass is 291 g/mol. The number of imidazole rings is 1. The van der Waals surface area contributed by atoms with Gasteiger partial charge in [0.05, 0.1) is 12.9 Å². The summed E-state index contributed by atoms with van der Waals surface area (Å²) >= 11 is 0. The fraction of sp³-hybridized carbons (Fsp3) is 0.733. The van der Waals surface area contributed by atoms with E-state index >= 15 is 0 Å². The molecule has 0 saturated carbocycles. The molecule has 1 aromatic rings. The number of nitrogens with zero attached hydrogens (tertiary/aromatic N) is 4. The summed E-state index contributed by atoms with van der Waals surface area (Å²) in [4.78, 5) is 10.9. The third-order valence-corrected chi connectivity index (χ3v) is 4.57. The topological polar surface area (TPSA) is 54.7 Å². The van der Waals surface area contributed by atoms with Crippen molar-refractivity contribution < 1.29 is 4.74 Å². The third kappa shape index (κ3) is 3.37. The average Bonchev–Trinajstić information content (AvgIpc) is 3.24. The number of aryl methyl sites for hydroxylation is 1. The number of guanidine groups is 1. The summed E-state index contributed by atoms with van der Waals surface area (Å²) in [5.41, 5.74) is 0.383. The van der Waals surface area contributed by atoms with E-state index in [0.717, 1.165) is 51.8 Å². The first-order chi connectivity index (χ1) is 10.3. The van der Waals surface area contributed by atoms with E-state index in [1.165, 1.54) is 12.8 Å². The van der Waals surface area contributed by atoms with Crippen molar-refractivity contribution in [3.8, 4) is 0 Å². The summed E-state index contributed by atoms with van der Waals surface area (Å²) in [6.07, 6.45) is 9.17. The van der Waals surface area contributed by atoms with Crippen LogP contribution in [-0.2, 0) is 11.3 Å². The zero-order valence-electron chi connectivity index (χ0n) is 12.8. The predicted octanol–water partition coefficient (Wildman–Crippen LogP) is 0.961. The molecule has 2 aliphatic heterocycles. The minimum absolute atomic E-state index is 0.383. The normalized spacial score (nSPS) is 26.0. The van der Waals surface area contributed by atoms with Crippen molar-refractivity contribution in [2.45, 2.75) is 25.8 Å². The van der Waals surface area contributed by atoms with Gasteiger partial charge in [0.1, 0.15) is 0 Å². The van der Waals surface area contributed by atoms with Crippen molar-refractivity contribution in [3.05, 3.63) is 18.7 Å². The lowest BCUT2D eigenvalue weighted by molar-refractivity contribution is 0.156. The molecule has 0 amide bonds. The Morgan fingerprint density at radius 2 is 2.43 bits per heavy atom. The van der Waals surface area contributed by atoms with Crippen LogP contribution in [0.3, 0.4) is 0 Å². The molecule has 3 heterocycles. The van der Waals surface area contributed by atoms with Gasteiger partial charge in [-0.3, -0.25) is 4.99 Å². The molecule has 0 radical (unpaired) electrons. The maximum atomic E-state index is 5.59. The van der Waals surface area contributed by atoms with Gasteiger partial charge in [0.25, 0.3) is 0 Å². The number of aromatic nitrogens is 2. The van der Waals surface area contributed by atoms with Crippen LogP contribution in [0.2, 0.25) is 0 Å². The molecule has 1 spiro atoms. The van der Waals surface area contributed by atoms with Crippen LogP contribution in [-0.4, -0.2) is 60.3 Å². The van der Waals surface area contributed by atoms with Crippen LogP contribution in [0.4, 0.5) is 0 Å². The Balaban J connectivity index is 1.43. The maximum absolute atomic E-state index is 5.59. The number of nitrogens with one attached hydrogen (secondary N) is 1. The Morgan fingerprint density at radius 1 is 1.48 bits per heavy atom. The minimum atomic E-state index is 0.383. The van der Waals surface area contributed by atoms with E-state index in [4.69, 9.17) is 4.74 Å². The van der Waals surface area contributed by atoms with Crippen LogP contribution >= 0.6 is 0 Å². The number of likely N-dealkylation sites (tertiary alicyclic amines) is 1. The molecule has 1 unspecified atom stereocenters. The van der Waals surface area contributed by atoms with Crippen molar-refractivity contribution in [2.75, 3.05) is 39.9 Å². The van der Waals surface area contributed by atoms with E-state index in [0.29, 0.717) is 5.41 Å². The first-order valence-corrected chi connectivity index (χ1v) is 7.80. The Kier molecular flexibility index (Phi) is 4.43. The van der Waals surface area contributed by atoms with Crippen molar-refractivity contribution in [1.29, 1.82) is 0 Å². The number of hydrogen-bond acceptors (Lipinski definition) is 3. The molecule has 6 heteroatoms. The van der Waals surface area contributed by atoms with Gasteiger partial charge in [-0.2, -0.15) is 0 Å². The SMILES string of the molecule is CN=C(NCCCn1ccnc1)N1CCC2(CCOC2)C1. The van der Waals surface area contributed by atoms with Crippen LogP contribution in [0.1, 0.15) is 19.3 Å². The van der Waals surface area contributed by atoms with E-state index < -0.39 is 0 Å². The Morgan fingerprint density at radius 3 is 3.14 bits per heavy atom. The van der Waals surface area contributed by atoms with Crippen LogP contribution < -0.4 is 5.32 Å². The molecule has 1 N–H and O–H groups in total. The molecule has 0 aliphatic carbocycles. The molecule has 116 valence electrons. The lowest BCUT2D eigenvalue weighted by atomic mass is 9.87. The number of aliphatic imine (C=N–C) groups is 1. The van der Waals surface area contributed by atoms with E-state index in [1.54, 1.807) is 0 Å². The van der Waals surface area contributed by atoms with Gasteiger partial charge < -0.3 is 19.5 Å². The number of rotatable bonds is 4. The van der Waals surface area contributed by atoms with Gasteiger partial charge >= 0.3 is 0 Å². The van der Waals surface area contributed by atoms with Gasteiger partial charge in [-0.25, -0.2) is 4.98 Å². The lowest BCUT2D eigenvalue weighted by Gasteiger charge is -2.25. The smallest absolute Gasteiger partial charge is 0.193 e. The number of ether oxygens (including phenoxy) is 1. The highest BCUT2D eigenvalue weighted by Crippen LogP contribution is 2.38. The highest BCUT2D eigenvalue weighted by atomic mass is 16.5. The second-order valence-corrected chi connectivity index (χ2v) is 6.10. The summed E-state index contributed by atoms with van der Waals surface area (Å²) in [5.74, 6) is 1.03. The predicted molar refractivity (Wildman–Crippen MR) is 82.3 cm³/mol. The zero-order valence-corrected chi connectivity index (χ0v) is 12.8. The molecule has 21 heavy (non-hydrogen) atoms. The molecular formula is C15H25N5O. The van der Waals surface area contributed by atoms with E-state index in [1.807, 2.05) is 25.8 Å². The lowest BCUT2D eigenvalue weighted by Crippen LogP contribution is -2.41. The second-order valence-electron chi connectivity index (χ2n) is 6.10. The Hall–Kier alpha value is -1.56. The Bertz CT molecular complexity index is 464. The highest BCUT2D eigenvalue weighted by Gasteiger charge is 2.42. The van der Waals surface area contributed by atoms with Gasteiger partial charge in [-0.05, 0) is 19.3 Å². The first kappa shape index (κ1) is 14.4. The van der Waals surface area contributed by atoms with E-state index in [2.05, 4.69) is 24.8 Å². The molecule has 0 aromatic carbocycles. The zero-order chi connectivity index (χ0) is 14.5. The van der Waals surface area contributed by atoms with Gasteiger partial charge in [0.15, 0.2) is 5.96 Å². The van der Waals surface area contributed by atoms with E-state index in [9.17, 15) is 0 Å². The molecule has 2 saturated heterocycles. The third-order valence-electron chi connectivity index (χ3n) is 4.57. The van der Waals surface area contributed by atoms with Crippen molar-refractivity contribution in [3.63, 3.8) is 0 Å². The van der Waals surface area contributed by atoms with Gasteiger partial charge in [0, 0.05) is 57.6 Å². The van der Waals surface area contributed by atoms with Crippen molar-refractivity contribution >= 4 is 5.96 Å². The highest BCUT2D eigenvalue weighted by molar-refractivity contribution is 5.80. The molecule has 1 atom stereocenters. The molecule has 6 nitrogen and oxygen atoms in total. The summed E-state index contributed by atoms with van der Waals surface area (Å²) in [6, 6.07) is 0. The van der Waals surface area contributed by atoms with Crippen molar-refractivity contribution in [1.82, 2.24) is 19.8 Å². The van der Waals surface area contributed by atoms with Gasteiger partial charge in [0.2, 0.25) is 0 Å². The van der Waals surface area contributed by atoms with Crippen LogP contribution in [0.5, 0.6) is 0 Å². The summed E-state index contributed by atoms with van der Waals surface area (Å²) in [7, 11) is 1.87. The quantitative estimate of drug-likeness (QED) is 0.510. The molecule has 1 aromatic heterocycles. The van der Waals surface area contributed by atoms with Crippen LogP contribution in [0.15, 0.2) is 23.7 Å². The summed E-state index contributed by atoms with van der Waals surface area (Å²) in [6.45, 7) is 5.93. The van der Waals surface area contributed by atoms with Crippen LogP contribution in [0.25, 0.3) is 0 Å². The standard InChI is InChI=1S/C15H25N5O/c1-16-14(18-5-2-7-19-9-6-17-13-19)20-8-3-15(11-20)4-10-21-12-15/h6,9,13H,2-5,7-8,10-12H2,1H3,(H,16,18). The molecule has 3 rings (SSSR count). The second kappa shape index (κ2) is 6.47. The van der Waals surface area contributed by atoms with Crippen molar-refractivity contribution in [2.24, 2.45) is 10.4 Å². The largest absolute Gasteiger partial charge is 0.381 e. The van der Waals surface area contributed by atoms with E-state index in [-0.39, 0.29) is 0 Å². The average molecular weight is 291 g/mol. The first-order valence-electron chi connectivity index (χ1n) is 7.80. The van der Waals surface area contributed by atoms with Gasteiger partial charge in [-0.1, -0.05) is 0 Å². The Labute approximate surface area is 126 Å². The number of hydrogen-bond donors (Lipinski definition) is 1. The van der Waals surface area contributed by atoms with Crippen LogP contribution in [0, 0.1) is 5.41 Å². The fourth-order valence-electron chi connectivity index (χ4n) is 3.30. The summed E-state index contributed by atoms with van der Waals surface area (Å²) in [5, 5.41) is 3.48. The minimum Gasteiger partial charge on any atom is -0.381 e. The molecule has 2 aliphatic rings. The maximum Gasteiger partial charge on any atom is 0.193 e. The summed E-state index contributed by atoms with van der Waals surface area (Å²) < 4.78 is 7.69. The molecular weight excluding hydrogens is 266 g/mol.